The Kier molecular flexibility index (Phi) is 10.5. The van der Waals surface area contributed by atoms with Gasteiger partial charge in [0.2, 0.25) is 5.16 Å². The molecule has 1 aromatic heterocycles. The van der Waals surface area contributed by atoms with Crippen molar-refractivity contribution in [2.75, 3.05) is 26.0 Å². The number of aryl methyl sites for hydroxylation is 1. The molecule has 3 rings (SSSR count). The zero-order valence-electron chi connectivity index (χ0n) is 17.3. The molecular formula is C21H28ClN5O2S. The molecule has 0 saturated heterocycles. The van der Waals surface area contributed by atoms with E-state index in [2.05, 4.69) is 39.0 Å². The van der Waals surface area contributed by atoms with Gasteiger partial charge in [0.15, 0.2) is 11.5 Å². The van der Waals surface area contributed by atoms with Crippen molar-refractivity contribution in [3.63, 3.8) is 0 Å². The molecule has 0 amide bonds. The lowest BCUT2D eigenvalue weighted by Crippen LogP contribution is -2.15. The number of hydrogen-bond acceptors (Lipinski definition) is 7. The lowest BCUT2D eigenvalue weighted by Gasteiger charge is -2.13. The van der Waals surface area contributed by atoms with E-state index in [1.807, 2.05) is 37.4 Å². The molecule has 0 unspecified atom stereocenters. The maximum Gasteiger partial charge on any atom is 0.209 e. The first-order valence-electron chi connectivity index (χ1n) is 9.66. The van der Waals surface area contributed by atoms with Crippen molar-refractivity contribution in [2.45, 2.75) is 24.5 Å². The fourth-order valence-corrected chi connectivity index (χ4v) is 3.59. The summed E-state index contributed by atoms with van der Waals surface area (Å²) < 4.78 is 13.1. The van der Waals surface area contributed by atoms with E-state index in [9.17, 15) is 0 Å². The van der Waals surface area contributed by atoms with Crippen molar-refractivity contribution in [3.8, 4) is 11.5 Å². The van der Waals surface area contributed by atoms with Gasteiger partial charge in [-0.3, -0.25) is 0 Å². The summed E-state index contributed by atoms with van der Waals surface area (Å²) in [5.74, 6) is 2.52. The molecule has 0 spiro atoms. The second-order valence-electron chi connectivity index (χ2n) is 6.53. The Morgan fingerprint density at radius 1 is 1.07 bits per heavy atom. The van der Waals surface area contributed by atoms with Crippen molar-refractivity contribution in [3.05, 3.63) is 59.7 Å². The molecule has 0 aliphatic heterocycles. The largest absolute Gasteiger partial charge is 0.493 e. The third kappa shape index (κ3) is 7.51. The van der Waals surface area contributed by atoms with E-state index in [0.29, 0.717) is 6.61 Å². The summed E-state index contributed by atoms with van der Waals surface area (Å²) in [6.07, 6.45) is 1.91. The van der Waals surface area contributed by atoms with Crippen molar-refractivity contribution < 1.29 is 9.47 Å². The average Bonchev–Trinajstić information content (AvgIpc) is 3.16. The number of methoxy groups -OCH3 is 1. The smallest absolute Gasteiger partial charge is 0.209 e. The summed E-state index contributed by atoms with van der Waals surface area (Å²) >= 11 is 1.66. The first-order chi connectivity index (χ1) is 14.3. The molecule has 0 bridgehead atoms. The van der Waals surface area contributed by atoms with Gasteiger partial charge in [0, 0.05) is 25.8 Å². The Labute approximate surface area is 188 Å². The molecule has 2 aromatic carbocycles. The van der Waals surface area contributed by atoms with Crippen LogP contribution in [0.15, 0.2) is 53.7 Å². The molecule has 3 aromatic rings. The zero-order chi connectivity index (χ0) is 20.3. The van der Waals surface area contributed by atoms with Crippen molar-refractivity contribution >= 4 is 24.2 Å². The molecular weight excluding hydrogens is 422 g/mol. The Bertz CT molecular complexity index is 879. The predicted octanol–water partition coefficient (Wildman–Crippen LogP) is 3.53. The standard InChI is InChI=1S/C21H27N5O2S.ClH/c1-26-21(23-24-25-26)29-14-6-12-22-16-18-9-10-19(20(15-18)27-2)28-13-11-17-7-4-3-5-8-17;/h3-5,7-10,15,22H,6,11-14,16H2,1-2H3;1H. The van der Waals surface area contributed by atoms with Gasteiger partial charge in [-0.1, -0.05) is 48.2 Å². The zero-order valence-corrected chi connectivity index (χ0v) is 18.9. The normalized spacial score (nSPS) is 10.5. The average molecular weight is 450 g/mol. The number of thioether (sulfide) groups is 1. The van der Waals surface area contributed by atoms with Gasteiger partial charge in [0.1, 0.15) is 0 Å². The number of nitrogens with zero attached hydrogens (tertiary/aromatic N) is 4. The van der Waals surface area contributed by atoms with Crippen LogP contribution in [0.1, 0.15) is 17.5 Å². The molecule has 0 aliphatic rings. The quantitative estimate of drug-likeness (QED) is 0.335. The van der Waals surface area contributed by atoms with Gasteiger partial charge in [-0.25, -0.2) is 4.68 Å². The molecule has 0 radical (unpaired) electrons. The Hall–Kier alpha value is -2.29. The van der Waals surface area contributed by atoms with E-state index < -0.39 is 0 Å². The molecule has 162 valence electrons. The number of rotatable bonds is 12. The summed E-state index contributed by atoms with van der Waals surface area (Å²) in [4.78, 5) is 0. The van der Waals surface area contributed by atoms with Gasteiger partial charge < -0.3 is 14.8 Å². The highest BCUT2D eigenvalue weighted by atomic mass is 35.5. The van der Waals surface area contributed by atoms with E-state index in [1.165, 1.54) is 11.1 Å². The minimum Gasteiger partial charge on any atom is -0.493 e. The number of nitrogens with one attached hydrogen (secondary N) is 1. The molecule has 0 atom stereocenters. The monoisotopic (exact) mass is 449 g/mol. The van der Waals surface area contributed by atoms with Crippen LogP contribution in [0.2, 0.25) is 0 Å². The van der Waals surface area contributed by atoms with Gasteiger partial charge in [0.25, 0.3) is 0 Å². The summed E-state index contributed by atoms with van der Waals surface area (Å²) in [7, 11) is 3.53. The predicted molar refractivity (Wildman–Crippen MR) is 122 cm³/mol. The van der Waals surface area contributed by atoms with Crippen molar-refractivity contribution in [1.82, 2.24) is 25.5 Å². The SMILES string of the molecule is COc1cc(CNCCCSc2nnnn2C)ccc1OCCc1ccccc1.Cl. The summed E-state index contributed by atoms with van der Waals surface area (Å²) in [6.45, 7) is 2.34. The first-order valence-corrected chi connectivity index (χ1v) is 10.6. The van der Waals surface area contributed by atoms with Crippen LogP contribution in [0.25, 0.3) is 0 Å². The molecule has 0 saturated carbocycles. The molecule has 0 aliphatic carbocycles. The van der Waals surface area contributed by atoms with E-state index >= 15 is 0 Å². The molecule has 9 heteroatoms. The maximum atomic E-state index is 5.92. The van der Waals surface area contributed by atoms with Crippen LogP contribution in [-0.2, 0) is 20.0 Å². The topological polar surface area (TPSA) is 74.1 Å². The highest BCUT2D eigenvalue weighted by molar-refractivity contribution is 7.99. The number of tetrazole rings is 1. The summed E-state index contributed by atoms with van der Waals surface area (Å²) in [6, 6.07) is 16.4. The molecule has 30 heavy (non-hydrogen) atoms. The van der Waals surface area contributed by atoms with Gasteiger partial charge >= 0.3 is 0 Å². The van der Waals surface area contributed by atoms with Crippen LogP contribution in [0.4, 0.5) is 0 Å². The fourth-order valence-electron chi connectivity index (χ4n) is 2.80. The van der Waals surface area contributed by atoms with Crippen molar-refractivity contribution in [1.29, 1.82) is 0 Å². The van der Waals surface area contributed by atoms with E-state index in [1.54, 1.807) is 23.6 Å². The van der Waals surface area contributed by atoms with Crippen LogP contribution in [0.5, 0.6) is 11.5 Å². The number of ether oxygens (including phenoxy) is 2. The Morgan fingerprint density at radius 3 is 2.63 bits per heavy atom. The number of halogens is 1. The second-order valence-corrected chi connectivity index (χ2v) is 7.60. The fraction of sp³-hybridized carbons (Fsp3) is 0.381. The number of hydrogen-bond donors (Lipinski definition) is 1. The minimum atomic E-state index is 0. The van der Waals surface area contributed by atoms with Crippen molar-refractivity contribution in [2.24, 2.45) is 7.05 Å². The minimum absolute atomic E-state index is 0. The highest BCUT2D eigenvalue weighted by Gasteiger charge is 2.06. The van der Waals surface area contributed by atoms with E-state index in [4.69, 9.17) is 9.47 Å². The molecule has 0 fully saturated rings. The molecule has 7 nitrogen and oxygen atoms in total. The van der Waals surface area contributed by atoms with E-state index in [-0.39, 0.29) is 12.4 Å². The van der Waals surface area contributed by atoms with Gasteiger partial charge in [-0.2, -0.15) is 0 Å². The van der Waals surface area contributed by atoms with Gasteiger partial charge in [-0.15, -0.1) is 17.5 Å². The highest BCUT2D eigenvalue weighted by Crippen LogP contribution is 2.28. The third-order valence-corrected chi connectivity index (χ3v) is 5.46. The maximum absolute atomic E-state index is 5.92. The second kappa shape index (κ2) is 13.1. The lowest BCUT2D eigenvalue weighted by molar-refractivity contribution is 0.297. The van der Waals surface area contributed by atoms with Crippen LogP contribution >= 0.6 is 24.2 Å². The number of benzene rings is 2. The first kappa shape index (κ1) is 24.0. The lowest BCUT2D eigenvalue weighted by atomic mass is 10.1. The molecule has 1 N–H and O–H groups in total. The van der Waals surface area contributed by atoms with Crippen LogP contribution in [-0.4, -0.2) is 46.2 Å². The van der Waals surface area contributed by atoms with Gasteiger partial charge in [-0.05, 0) is 46.7 Å². The van der Waals surface area contributed by atoms with E-state index in [0.717, 1.165) is 48.3 Å². The third-order valence-electron chi connectivity index (χ3n) is 4.36. The summed E-state index contributed by atoms with van der Waals surface area (Å²) in [5.41, 5.74) is 2.43. The molecule has 1 heterocycles. The summed E-state index contributed by atoms with van der Waals surface area (Å²) in [5, 5.41) is 15.7. The number of aromatic nitrogens is 4. The van der Waals surface area contributed by atoms with Crippen LogP contribution < -0.4 is 14.8 Å². The van der Waals surface area contributed by atoms with Crippen LogP contribution in [0.3, 0.4) is 0 Å². The Morgan fingerprint density at radius 2 is 1.90 bits per heavy atom. The Balaban J connectivity index is 0.00000320. The van der Waals surface area contributed by atoms with Gasteiger partial charge in [0.05, 0.1) is 13.7 Å². The van der Waals surface area contributed by atoms with Crippen LogP contribution in [0, 0.1) is 0 Å².